The second kappa shape index (κ2) is 7.29. The number of carbonyl (C=O) groups excluding carboxylic acids is 1. The maximum Gasteiger partial charge on any atom is 0.237 e. The molecule has 0 fully saturated rings. The Morgan fingerprint density at radius 3 is 2.67 bits per heavy atom. The summed E-state index contributed by atoms with van der Waals surface area (Å²) >= 11 is 4.51. The van der Waals surface area contributed by atoms with Crippen molar-refractivity contribution in [1.82, 2.24) is 10.2 Å². The van der Waals surface area contributed by atoms with E-state index in [0.717, 1.165) is 25.5 Å². The molecule has 1 amide bonds. The molecule has 21 heavy (non-hydrogen) atoms. The van der Waals surface area contributed by atoms with Gasteiger partial charge < -0.3 is 5.32 Å². The van der Waals surface area contributed by atoms with E-state index in [0.29, 0.717) is 0 Å². The Morgan fingerprint density at radius 2 is 2.00 bits per heavy atom. The molecule has 2 rings (SSSR count). The Hall–Kier alpha value is -1.05. The molecule has 1 unspecified atom stereocenters. The first-order valence-electron chi connectivity index (χ1n) is 6.42. The van der Waals surface area contributed by atoms with Crippen LogP contribution in [0, 0.1) is 13.8 Å². The van der Waals surface area contributed by atoms with Gasteiger partial charge in [-0.2, -0.15) is 0 Å². The van der Waals surface area contributed by atoms with E-state index in [-0.39, 0.29) is 11.2 Å². The maximum atomic E-state index is 12.3. The molecule has 0 spiro atoms. The van der Waals surface area contributed by atoms with Crippen molar-refractivity contribution in [2.45, 2.75) is 34.7 Å². The van der Waals surface area contributed by atoms with E-state index < -0.39 is 0 Å². The van der Waals surface area contributed by atoms with Gasteiger partial charge in [0.05, 0.1) is 5.25 Å². The molecule has 1 heterocycles. The lowest BCUT2D eigenvalue weighted by molar-refractivity contribution is -0.115. The first kappa shape index (κ1) is 16.3. The molecule has 0 radical (unpaired) electrons. The number of aromatic nitrogens is 2. The van der Waals surface area contributed by atoms with Crippen LogP contribution in [0.4, 0.5) is 5.69 Å². The number of rotatable bonds is 5. The third-order valence-electron chi connectivity index (χ3n) is 2.86. The highest BCUT2D eigenvalue weighted by Gasteiger charge is 2.17. The van der Waals surface area contributed by atoms with Crippen LogP contribution in [0.3, 0.4) is 0 Å². The second-order valence-electron chi connectivity index (χ2n) is 4.61. The highest BCUT2D eigenvalue weighted by Crippen LogP contribution is 2.30. The predicted molar refractivity (Wildman–Crippen MR) is 91.6 cm³/mol. The molecule has 2 aromatic rings. The van der Waals surface area contributed by atoms with Crippen molar-refractivity contribution >= 4 is 46.5 Å². The minimum atomic E-state index is -0.215. The third kappa shape index (κ3) is 4.46. The van der Waals surface area contributed by atoms with Gasteiger partial charge in [-0.25, -0.2) is 0 Å². The van der Waals surface area contributed by atoms with Crippen molar-refractivity contribution in [2.75, 3.05) is 11.6 Å². The molecule has 1 N–H and O–H groups in total. The van der Waals surface area contributed by atoms with Crippen LogP contribution >= 0.6 is 34.9 Å². The zero-order valence-corrected chi connectivity index (χ0v) is 14.8. The smallest absolute Gasteiger partial charge is 0.237 e. The highest BCUT2D eigenvalue weighted by molar-refractivity contribution is 8.03. The fraction of sp³-hybridized carbons (Fsp3) is 0.357. The van der Waals surface area contributed by atoms with Crippen LogP contribution in [0.25, 0.3) is 0 Å². The van der Waals surface area contributed by atoms with Crippen LogP contribution < -0.4 is 5.32 Å². The Labute approximate surface area is 137 Å². The molecule has 112 valence electrons. The summed E-state index contributed by atoms with van der Waals surface area (Å²) in [5.41, 5.74) is 3.06. The molecule has 0 aliphatic heterocycles. The average molecular weight is 340 g/mol. The maximum absolute atomic E-state index is 12.3. The minimum Gasteiger partial charge on any atom is -0.325 e. The van der Waals surface area contributed by atoms with Gasteiger partial charge in [-0.1, -0.05) is 47.0 Å². The van der Waals surface area contributed by atoms with Crippen molar-refractivity contribution < 1.29 is 4.79 Å². The average Bonchev–Trinajstić information content (AvgIpc) is 2.90. The number of hydrogen-bond donors (Lipinski definition) is 1. The number of hydrogen-bond acceptors (Lipinski definition) is 6. The largest absolute Gasteiger partial charge is 0.325 e. The quantitative estimate of drug-likeness (QED) is 0.835. The summed E-state index contributed by atoms with van der Waals surface area (Å²) in [6, 6.07) is 6.04. The molecule has 1 atom stereocenters. The SMILES string of the molecule is CSc1nnc(SC(C)C(=O)Nc2cc(C)ccc2C)s1. The zero-order valence-electron chi connectivity index (χ0n) is 12.3. The van der Waals surface area contributed by atoms with Crippen LogP contribution in [-0.4, -0.2) is 27.6 Å². The number of nitrogens with zero attached hydrogens (tertiary/aromatic N) is 2. The lowest BCUT2D eigenvalue weighted by atomic mass is 10.1. The van der Waals surface area contributed by atoms with Crippen molar-refractivity contribution in [3.63, 3.8) is 0 Å². The topological polar surface area (TPSA) is 54.9 Å². The summed E-state index contributed by atoms with van der Waals surface area (Å²) in [5, 5.41) is 10.9. The molecule has 0 aliphatic carbocycles. The van der Waals surface area contributed by atoms with Crippen LogP contribution in [-0.2, 0) is 4.79 Å². The normalized spacial score (nSPS) is 12.2. The van der Waals surface area contributed by atoms with E-state index in [4.69, 9.17) is 0 Å². The molecular formula is C14H17N3OS3. The third-order valence-corrected chi connectivity index (χ3v) is 5.94. The Kier molecular flexibility index (Phi) is 5.66. The lowest BCUT2D eigenvalue weighted by Gasteiger charge is -2.12. The first-order chi connectivity index (χ1) is 9.99. The van der Waals surface area contributed by atoms with Gasteiger partial charge in [0.2, 0.25) is 5.91 Å². The van der Waals surface area contributed by atoms with Crippen LogP contribution in [0.5, 0.6) is 0 Å². The van der Waals surface area contributed by atoms with Gasteiger partial charge in [-0.15, -0.1) is 10.2 Å². The van der Waals surface area contributed by atoms with E-state index in [2.05, 4.69) is 15.5 Å². The van der Waals surface area contributed by atoms with E-state index in [9.17, 15) is 4.79 Å². The summed E-state index contributed by atoms with van der Waals surface area (Å²) in [4.78, 5) is 12.3. The fourth-order valence-corrected chi connectivity index (χ4v) is 4.22. The predicted octanol–water partition coefficient (Wildman–Crippen LogP) is 4.00. The van der Waals surface area contributed by atoms with Crippen molar-refractivity contribution in [3.05, 3.63) is 29.3 Å². The monoisotopic (exact) mass is 339 g/mol. The molecule has 1 aromatic carbocycles. The minimum absolute atomic E-state index is 0.0189. The van der Waals surface area contributed by atoms with Gasteiger partial charge >= 0.3 is 0 Å². The summed E-state index contributed by atoms with van der Waals surface area (Å²) in [6.07, 6.45) is 1.96. The van der Waals surface area contributed by atoms with Crippen molar-refractivity contribution in [3.8, 4) is 0 Å². The fourth-order valence-electron chi connectivity index (χ4n) is 1.64. The number of anilines is 1. The molecule has 7 heteroatoms. The van der Waals surface area contributed by atoms with Crippen molar-refractivity contribution in [1.29, 1.82) is 0 Å². The molecule has 0 saturated heterocycles. The molecule has 0 bridgehead atoms. The summed E-state index contributed by atoms with van der Waals surface area (Å²) in [7, 11) is 0. The van der Waals surface area contributed by atoms with E-state index in [1.165, 1.54) is 23.1 Å². The molecular weight excluding hydrogens is 322 g/mol. The molecule has 0 aliphatic rings. The second-order valence-corrected chi connectivity index (χ2v) is 8.22. The summed E-state index contributed by atoms with van der Waals surface area (Å²) in [6.45, 7) is 5.88. The van der Waals surface area contributed by atoms with Crippen molar-refractivity contribution in [2.24, 2.45) is 0 Å². The van der Waals surface area contributed by atoms with Gasteiger partial charge in [0, 0.05) is 5.69 Å². The Morgan fingerprint density at radius 1 is 1.29 bits per heavy atom. The number of amides is 1. The van der Waals surface area contributed by atoms with Gasteiger partial charge in [0.1, 0.15) is 0 Å². The van der Waals surface area contributed by atoms with Gasteiger partial charge in [0.15, 0.2) is 8.68 Å². The molecule has 1 aromatic heterocycles. The van der Waals surface area contributed by atoms with E-state index in [1.807, 2.05) is 45.2 Å². The molecule has 0 saturated carbocycles. The number of benzene rings is 1. The van der Waals surface area contributed by atoms with E-state index >= 15 is 0 Å². The Bertz CT molecular complexity index is 642. The summed E-state index contributed by atoms with van der Waals surface area (Å²) < 4.78 is 1.74. The Balaban J connectivity index is 2.00. The van der Waals surface area contributed by atoms with Gasteiger partial charge in [-0.3, -0.25) is 4.79 Å². The van der Waals surface area contributed by atoms with Gasteiger partial charge in [0.25, 0.3) is 0 Å². The molecule has 4 nitrogen and oxygen atoms in total. The standard InChI is InChI=1S/C14H17N3OS3/c1-8-5-6-9(2)11(7-8)15-12(18)10(3)20-14-17-16-13(19-4)21-14/h5-7,10H,1-4H3,(H,15,18). The summed E-state index contributed by atoms with van der Waals surface area (Å²) in [5.74, 6) is -0.0189. The number of nitrogens with one attached hydrogen (secondary N) is 1. The first-order valence-corrected chi connectivity index (χ1v) is 9.34. The van der Waals surface area contributed by atoms with Crippen LogP contribution in [0.1, 0.15) is 18.1 Å². The van der Waals surface area contributed by atoms with Gasteiger partial charge in [-0.05, 0) is 44.2 Å². The highest BCUT2D eigenvalue weighted by atomic mass is 32.2. The number of carbonyl (C=O) groups is 1. The van der Waals surface area contributed by atoms with Crippen LogP contribution in [0.15, 0.2) is 26.9 Å². The van der Waals surface area contributed by atoms with E-state index in [1.54, 1.807) is 11.8 Å². The zero-order chi connectivity index (χ0) is 15.4. The number of thioether (sulfide) groups is 2. The van der Waals surface area contributed by atoms with Crippen LogP contribution in [0.2, 0.25) is 0 Å². The lowest BCUT2D eigenvalue weighted by Crippen LogP contribution is -2.22. The number of aryl methyl sites for hydroxylation is 2.